The Morgan fingerprint density at radius 3 is 1.47 bits per heavy atom. The van der Waals surface area contributed by atoms with Crippen molar-refractivity contribution in [3.05, 3.63) is 60.7 Å². The summed E-state index contributed by atoms with van der Waals surface area (Å²) in [6.07, 6.45) is 0. The summed E-state index contributed by atoms with van der Waals surface area (Å²) in [7, 11) is 0. The van der Waals surface area contributed by atoms with Gasteiger partial charge in [-0.1, -0.05) is 71.0 Å². The lowest BCUT2D eigenvalue weighted by Crippen LogP contribution is -1.72. The summed E-state index contributed by atoms with van der Waals surface area (Å²) in [6.45, 7) is 2.19. The normalized spacial score (nSPS) is 11.4. The highest BCUT2D eigenvalue weighted by Crippen LogP contribution is 2.70. The van der Waals surface area contributed by atoms with Gasteiger partial charge in [0.2, 0.25) is 0 Å². The zero-order valence-electron chi connectivity index (χ0n) is 9.45. The SMILES string of the molecule is CP(=S)(Sc1ccccc1)Sc1ccccc1. The van der Waals surface area contributed by atoms with Gasteiger partial charge in [-0.05, 0) is 30.9 Å². The molecule has 2 aromatic rings. The van der Waals surface area contributed by atoms with E-state index < -0.39 is 4.44 Å². The van der Waals surface area contributed by atoms with Crippen LogP contribution in [0.4, 0.5) is 0 Å². The second-order valence-electron chi connectivity index (χ2n) is 3.58. The summed E-state index contributed by atoms with van der Waals surface area (Å²) in [5.41, 5.74) is 0. The van der Waals surface area contributed by atoms with Crippen molar-refractivity contribution < 1.29 is 0 Å². The molecule has 17 heavy (non-hydrogen) atoms. The van der Waals surface area contributed by atoms with Gasteiger partial charge >= 0.3 is 0 Å². The Morgan fingerprint density at radius 2 is 1.12 bits per heavy atom. The molecular formula is C13H13PS3. The zero-order valence-corrected chi connectivity index (χ0v) is 12.8. The van der Waals surface area contributed by atoms with E-state index in [1.165, 1.54) is 9.79 Å². The molecule has 0 aliphatic heterocycles. The molecule has 0 bridgehead atoms. The van der Waals surface area contributed by atoms with Gasteiger partial charge < -0.3 is 0 Å². The Labute approximate surface area is 116 Å². The number of hydrogen-bond donors (Lipinski definition) is 0. The van der Waals surface area contributed by atoms with E-state index in [0.717, 1.165) is 0 Å². The van der Waals surface area contributed by atoms with E-state index in [1.54, 1.807) is 0 Å². The topological polar surface area (TPSA) is 0 Å². The molecule has 4 heteroatoms. The molecule has 0 spiro atoms. The minimum atomic E-state index is -1.47. The smallest absolute Gasteiger partial charge is 0.0634 e. The first kappa shape index (κ1) is 13.2. The Morgan fingerprint density at radius 1 is 0.765 bits per heavy atom. The van der Waals surface area contributed by atoms with Crippen LogP contribution in [-0.2, 0) is 11.8 Å². The van der Waals surface area contributed by atoms with Gasteiger partial charge in [-0.3, -0.25) is 0 Å². The molecular weight excluding hydrogens is 283 g/mol. The van der Waals surface area contributed by atoms with E-state index in [-0.39, 0.29) is 0 Å². The van der Waals surface area contributed by atoms with Crippen LogP contribution >= 0.6 is 27.2 Å². The van der Waals surface area contributed by atoms with Crippen molar-refractivity contribution >= 4 is 39.0 Å². The van der Waals surface area contributed by atoms with Crippen molar-refractivity contribution in [3.8, 4) is 0 Å². The first-order chi connectivity index (χ1) is 8.16. The predicted octanol–water partition coefficient (Wildman–Crippen LogP) is 5.51. The van der Waals surface area contributed by atoms with Crippen molar-refractivity contribution in [2.75, 3.05) is 6.66 Å². The fourth-order valence-corrected chi connectivity index (χ4v) is 9.30. The molecule has 0 unspecified atom stereocenters. The molecule has 88 valence electrons. The van der Waals surface area contributed by atoms with Gasteiger partial charge in [-0.25, -0.2) is 0 Å². The van der Waals surface area contributed by atoms with Gasteiger partial charge in [0.1, 0.15) is 0 Å². The average molecular weight is 296 g/mol. The number of hydrogen-bond acceptors (Lipinski definition) is 3. The molecule has 0 aromatic heterocycles. The van der Waals surface area contributed by atoms with Gasteiger partial charge in [0.25, 0.3) is 0 Å². The number of benzene rings is 2. The first-order valence-corrected chi connectivity index (χ1v) is 11.3. The molecule has 0 saturated heterocycles. The Bertz CT molecular complexity index is 465. The third-order valence-electron chi connectivity index (χ3n) is 2.03. The van der Waals surface area contributed by atoms with E-state index >= 15 is 0 Å². The zero-order chi connectivity index (χ0) is 12.1. The molecule has 0 aliphatic rings. The summed E-state index contributed by atoms with van der Waals surface area (Å²) >= 11 is 9.40. The Kier molecular flexibility index (Phi) is 4.75. The highest BCUT2D eigenvalue weighted by atomic mass is 33.2. The van der Waals surface area contributed by atoms with Crippen LogP contribution in [0, 0.1) is 0 Å². The molecule has 0 atom stereocenters. The maximum absolute atomic E-state index is 5.74. The van der Waals surface area contributed by atoms with Crippen molar-refractivity contribution in [2.45, 2.75) is 9.79 Å². The molecule has 0 radical (unpaired) electrons. The van der Waals surface area contributed by atoms with Crippen molar-refractivity contribution in [1.29, 1.82) is 0 Å². The van der Waals surface area contributed by atoms with Gasteiger partial charge in [0.05, 0.1) is 4.44 Å². The lowest BCUT2D eigenvalue weighted by atomic mass is 10.4. The number of rotatable bonds is 4. The van der Waals surface area contributed by atoms with Crippen LogP contribution in [0.3, 0.4) is 0 Å². The second kappa shape index (κ2) is 6.10. The van der Waals surface area contributed by atoms with Crippen molar-refractivity contribution in [3.63, 3.8) is 0 Å². The van der Waals surface area contributed by atoms with Crippen LogP contribution in [0.2, 0.25) is 0 Å². The van der Waals surface area contributed by atoms with Crippen LogP contribution in [0.5, 0.6) is 0 Å². The van der Waals surface area contributed by atoms with Gasteiger partial charge in [0, 0.05) is 9.79 Å². The van der Waals surface area contributed by atoms with Crippen molar-refractivity contribution in [1.82, 2.24) is 0 Å². The van der Waals surface area contributed by atoms with E-state index in [4.69, 9.17) is 11.8 Å². The molecule has 0 nitrogen and oxygen atoms in total. The third kappa shape index (κ3) is 4.51. The average Bonchev–Trinajstić information content (AvgIpc) is 2.30. The van der Waals surface area contributed by atoms with Crippen LogP contribution in [-0.4, -0.2) is 6.66 Å². The van der Waals surface area contributed by atoms with E-state index in [2.05, 4.69) is 55.2 Å². The largest absolute Gasteiger partial charge is 0.0777 e. The van der Waals surface area contributed by atoms with E-state index in [0.29, 0.717) is 0 Å². The first-order valence-electron chi connectivity index (χ1n) is 5.22. The highest BCUT2D eigenvalue weighted by Gasteiger charge is 2.13. The molecule has 0 aliphatic carbocycles. The fourth-order valence-electron chi connectivity index (χ4n) is 1.36. The lowest BCUT2D eigenvalue weighted by molar-refractivity contribution is 1.48. The van der Waals surface area contributed by atoms with Gasteiger partial charge in [-0.2, -0.15) is 0 Å². The van der Waals surface area contributed by atoms with Crippen molar-refractivity contribution in [2.24, 2.45) is 0 Å². The Hall–Kier alpha value is -0.210. The van der Waals surface area contributed by atoms with Crippen LogP contribution in [0.25, 0.3) is 0 Å². The third-order valence-corrected chi connectivity index (χ3v) is 9.60. The monoisotopic (exact) mass is 296 g/mol. The summed E-state index contributed by atoms with van der Waals surface area (Å²) in [6, 6.07) is 20.8. The van der Waals surface area contributed by atoms with E-state index in [9.17, 15) is 0 Å². The maximum Gasteiger partial charge on any atom is 0.0634 e. The van der Waals surface area contributed by atoms with Gasteiger partial charge in [-0.15, -0.1) is 0 Å². The molecule has 2 aromatic carbocycles. The van der Waals surface area contributed by atoms with E-state index in [1.807, 2.05) is 34.9 Å². The summed E-state index contributed by atoms with van der Waals surface area (Å²) in [5.74, 6) is 0. The molecule has 0 heterocycles. The predicted molar refractivity (Wildman–Crippen MR) is 84.8 cm³/mol. The molecule has 0 fully saturated rings. The fraction of sp³-hybridized carbons (Fsp3) is 0.0769. The minimum absolute atomic E-state index is 1.27. The highest BCUT2D eigenvalue weighted by molar-refractivity contribution is 9.00. The standard InChI is InChI=1S/C13H13PS3/c1-14(15,16-12-8-4-2-5-9-12)17-13-10-6-3-7-11-13/h2-11H,1H3. The molecule has 0 saturated carbocycles. The molecule has 0 amide bonds. The quantitative estimate of drug-likeness (QED) is 0.683. The Balaban J connectivity index is 2.07. The minimum Gasteiger partial charge on any atom is -0.0777 e. The lowest BCUT2D eigenvalue weighted by Gasteiger charge is -2.15. The van der Waals surface area contributed by atoms with Crippen LogP contribution in [0.15, 0.2) is 70.5 Å². The van der Waals surface area contributed by atoms with Crippen LogP contribution < -0.4 is 0 Å². The summed E-state index contributed by atoms with van der Waals surface area (Å²) < 4.78 is -1.47. The van der Waals surface area contributed by atoms with Crippen LogP contribution in [0.1, 0.15) is 0 Å². The molecule has 2 rings (SSSR count). The summed E-state index contributed by atoms with van der Waals surface area (Å²) in [4.78, 5) is 2.53. The summed E-state index contributed by atoms with van der Waals surface area (Å²) in [5, 5.41) is 0. The van der Waals surface area contributed by atoms with Gasteiger partial charge in [0.15, 0.2) is 0 Å². The molecule has 0 N–H and O–H groups in total. The maximum atomic E-state index is 5.74. The second-order valence-corrected chi connectivity index (χ2v) is 16.2.